The van der Waals surface area contributed by atoms with Crippen LogP contribution in [0.15, 0.2) is 22.6 Å². The first-order valence-electron chi connectivity index (χ1n) is 8.62. The number of nitrogens with one attached hydrogen (secondary N) is 1. The number of benzene rings is 1. The minimum absolute atomic E-state index is 0.214. The number of nitrogens with zero attached hydrogens (tertiary/aromatic N) is 1. The van der Waals surface area contributed by atoms with E-state index in [-0.39, 0.29) is 11.4 Å². The van der Waals surface area contributed by atoms with Gasteiger partial charge in [0.1, 0.15) is 16.9 Å². The standard InChI is InChI=1S/C19H24N2O2/c1-13-5-6-16-15(11-13)14(2)17(23-16)12-21-10-4-8-19(21)7-3-9-20-18(19)22/h5-6,11H,3-4,7-10,12H2,1-2H3,(H,20,22). The smallest absolute Gasteiger partial charge is 0.240 e. The highest BCUT2D eigenvalue weighted by Crippen LogP contribution is 2.38. The Morgan fingerprint density at radius 3 is 2.91 bits per heavy atom. The topological polar surface area (TPSA) is 45.5 Å². The molecule has 1 atom stereocenters. The summed E-state index contributed by atoms with van der Waals surface area (Å²) in [5.74, 6) is 1.22. The van der Waals surface area contributed by atoms with Crippen LogP contribution >= 0.6 is 0 Å². The van der Waals surface area contributed by atoms with Gasteiger partial charge in [-0.15, -0.1) is 0 Å². The van der Waals surface area contributed by atoms with Gasteiger partial charge in [0.15, 0.2) is 0 Å². The summed E-state index contributed by atoms with van der Waals surface area (Å²) in [6.07, 6.45) is 4.10. The van der Waals surface area contributed by atoms with Gasteiger partial charge in [-0.25, -0.2) is 0 Å². The summed E-state index contributed by atoms with van der Waals surface area (Å²) < 4.78 is 6.11. The summed E-state index contributed by atoms with van der Waals surface area (Å²) in [6, 6.07) is 6.32. The molecule has 3 heterocycles. The van der Waals surface area contributed by atoms with Crippen LogP contribution in [0.2, 0.25) is 0 Å². The predicted octanol–water partition coefficient (Wildman–Crippen LogP) is 3.29. The van der Waals surface area contributed by atoms with E-state index in [1.807, 2.05) is 6.07 Å². The first-order valence-corrected chi connectivity index (χ1v) is 8.62. The van der Waals surface area contributed by atoms with E-state index in [2.05, 4.69) is 36.2 Å². The molecule has 2 aliphatic rings. The Balaban J connectivity index is 1.67. The lowest BCUT2D eigenvalue weighted by Crippen LogP contribution is -2.58. The third kappa shape index (κ3) is 2.27. The molecule has 0 bridgehead atoms. The Bertz CT molecular complexity index is 764. The van der Waals surface area contributed by atoms with Crippen LogP contribution in [0.4, 0.5) is 0 Å². The number of carbonyl (C=O) groups is 1. The quantitative estimate of drug-likeness (QED) is 0.925. The Hall–Kier alpha value is -1.81. The van der Waals surface area contributed by atoms with Gasteiger partial charge in [0, 0.05) is 11.9 Å². The number of piperidine rings is 1. The van der Waals surface area contributed by atoms with Crippen LogP contribution in [0.25, 0.3) is 11.0 Å². The van der Waals surface area contributed by atoms with Crippen molar-refractivity contribution < 1.29 is 9.21 Å². The molecule has 1 N–H and O–H groups in total. The number of hydrogen-bond acceptors (Lipinski definition) is 3. The third-order valence-corrected chi connectivity index (χ3v) is 5.62. The maximum atomic E-state index is 12.5. The number of likely N-dealkylation sites (tertiary alicyclic amines) is 1. The number of hydrogen-bond donors (Lipinski definition) is 1. The van der Waals surface area contributed by atoms with E-state index in [9.17, 15) is 4.79 Å². The molecule has 2 saturated heterocycles. The molecule has 0 aliphatic carbocycles. The van der Waals surface area contributed by atoms with Crippen LogP contribution in [0.1, 0.15) is 42.6 Å². The number of furan rings is 1. The van der Waals surface area contributed by atoms with Crippen molar-refractivity contribution in [3.8, 4) is 0 Å². The van der Waals surface area contributed by atoms with Gasteiger partial charge >= 0.3 is 0 Å². The van der Waals surface area contributed by atoms with Gasteiger partial charge in [-0.1, -0.05) is 11.6 Å². The minimum Gasteiger partial charge on any atom is -0.459 e. The molecule has 4 heteroatoms. The van der Waals surface area contributed by atoms with Crippen molar-refractivity contribution in [3.63, 3.8) is 0 Å². The van der Waals surface area contributed by atoms with Crippen molar-refractivity contribution in [2.24, 2.45) is 0 Å². The highest BCUT2D eigenvalue weighted by molar-refractivity contribution is 5.87. The van der Waals surface area contributed by atoms with Gasteiger partial charge in [0.05, 0.1) is 6.54 Å². The van der Waals surface area contributed by atoms with E-state index < -0.39 is 0 Å². The average Bonchev–Trinajstić information content (AvgIpc) is 3.07. The molecule has 23 heavy (non-hydrogen) atoms. The molecular weight excluding hydrogens is 288 g/mol. The number of rotatable bonds is 2. The van der Waals surface area contributed by atoms with Crippen LogP contribution in [-0.2, 0) is 11.3 Å². The van der Waals surface area contributed by atoms with Crippen LogP contribution in [0, 0.1) is 13.8 Å². The van der Waals surface area contributed by atoms with Gasteiger partial charge in [-0.3, -0.25) is 9.69 Å². The van der Waals surface area contributed by atoms with E-state index in [0.29, 0.717) is 0 Å². The first kappa shape index (κ1) is 14.8. The Labute approximate surface area is 136 Å². The van der Waals surface area contributed by atoms with E-state index >= 15 is 0 Å². The second kappa shape index (κ2) is 5.38. The van der Waals surface area contributed by atoms with Gasteiger partial charge < -0.3 is 9.73 Å². The minimum atomic E-state index is -0.306. The summed E-state index contributed by atoms with van der Waals surface area (Å²) >= 11 is 0. The second-order valence-corrected chi connectivity index (χ2v) is 7.07. The summed E-state index contributed by atoms with van der Waals surface area (Å²) in [5, 5.41) is 4.26. The van der Waals surface area contributed by atoms with Crippen LogP contribution in [-0.4, -0.2) is 29.4 Å². The van der Waals surface area contributed by atoms with Crippen molar-refractivity contribution >= 4 is 16.9 Å². The van der Waals surface area contributed by atoms with Crippen molar-refractivity contribution in [2.45, 2.75) is 51.6 Å². The molecular formula is C19H24N2O2. The molecule has 2 fully saturated rings. The summed E-state index contributed by atoms with van der Waals surface area (Å²) in [5.41, 5.74) is 3.10. The third-order valence-electron chi connectivity index (χ3n) is 5.62. The fraction of sp³-hybridized carbons (Fsp3) is 0.526. The maximum absolute atomic E-state index is 12.5. The van der Waals surface area contributed by atoms with E-state index in [1.54, 1.807) is 0 Å². The normalized spacial score (nSPS) is 25.4. The number of carbonyl (C=O) groups excluding carboxylic acids is 1. The molecule has 0 saturated carbocycles. The molecule has 4 nitrogen and oxygen atoms in total. The lowest BCUT2D eigenvalue weighted by molar-refractivity contribution is -0.135. The fourth-order valence-electron chi connectivity index (χ4n) is 4.28. The van der Waals surface area contributed by atoms with Crippen molar-refractivity contribution in [3.05, 3.63) is 35.1 Å². The Morgan fingerprint density at radius 1 is 1.26 bits per heavy atom. The van der Waals surface area contributed by atoms with Crippen molar-refractivity contribution in [1.82, 2.24) is 10.2 Å². The maximum Gasteiger partial charge on any atom is 0.240 e. The lowest BCUT2D eigenvalue weighted by Gasteiger charge is -2.39. The van der Waals surface area contributed by atoms with E-state index in [4.69, 9.17) is 4.42 Å². The van der Waals surface area contributed by atoms with Crippen molar-refractivity contribution in [2.75, 3.05) is 13.1 Å². The zero-order valence-electron chi connectivity index (χ0n) is 13.9. The largest absolute Gasteiger partial charge is 0.459 e. The van der Waals surface area contributed by atoms with Crippen LogP contribution in [0.5, 0.6) is 0 Å². The summed E-state index contributed by atoms with van der Waals surface area (Å²) in [4.78, 5) is 14.9. The van der Waals surface area contributed by atoms with Gasteiger partial charge in [0.25, 0.3) is 0 Å². The van der Waals surface area contributed by atoms with Crippen LogP contribution in [0.3, 0.4) is 0 Å². The van der Waals surface area contributed by atoms with Crippen molar-refractivity contribution in [1.29, 1.82) is 0 Å². The second-order valence-electron chi connectivity index (χ2n) is 7.07. The van der Waals surface area contributed by atoms with Gasteiger partial charge in [-0.05, 0) is 63.8 Å². The first-order chi connectivity index (χ1) is 11.1. The molecule has 4 rings (SSSR count). The summed E-state index contributed by atoms with van der Waals surface area (Å²) in [7, 11) is 0. The number of amides is 1. The van der Waals surface area contributed by atoms with Gasteiger partial charge in [-0.2, -0.15) is 0 Å². The molecule has 1 unspecified atom stereocenters. The predicted molar refractivity (Wildman–Crippen MR) is 90.3 cm³/mol. The molecule has 122 valence electrons. The Morgan fingerprint density at radius 2 is 2.09 bits per heavy atom. The highest BCUT2D eigenvalue weighted by atomic mass is 16.3. The molecule has 0 radical (unpaired) electrons. The number of fused-ring (bicyclic) bond motifs is 1. The SMILES string of the molecule is Cc1ccc2oc(CN3CCCC34CCCNC4=O)c(C)c2c1. The lowest BCUT2D eigenvalue weighted by atomic mass is 9.86. The molecule has 1 spiro atoms. The molecule has 1 aromatic carbocycles. The molecule has 2 aromatic rings. The molecule has 1 aromatic heterocycles. The zero-order valence-corrected chi connectivity index (χ0v) is 13.9. The van der Waals surface area contributed by atoms with Gasteiger partial charge in [0.2, 0.25) is 5.91 Å². The fourth-order valence-corrected chi connectivity index (χ4v) is 4.28. The monoisotopic (exact) mass is 312 g/mol. The van der Waals surface area contributed by atoms with Crippen LogP contribution < -0.4 is 5.32 Å². The molecule has 1 amide bonds. The zero-order chi connectivity index (χ0) is 16.0. The van der Waals surface area contributed by atoms with E-state index in [1.165, 1.54) is 16.5 Å². The summed E-state index contributed by atoms with van der Waals surface area (Å²) in [6.45, 7) is 6.75. The number of aryl methyl sites for hydroxylation is 2. The highest BCUT2D eigenvalue weighted by Gasteiger charge is 2.48. The molecule has 2 aliphatic heterocycles. The Kier molecular flexibility index (Phi) is 3.45. The average molecular weight is 312 g/mol. The van der Waals surface area contributed by atoms with E-state index in [0.717, 1.165) is 56.7 Å².